The number of aromatic nitrogens is 1. The van der Waals surface area contributed by atoms with E-state index in [4.69, 9.17) is 0 Å². The average molecular weight is 326 g/mol. The van der Waals surface area contributed by atoms with E-state index in [2.05, 4.69) is 21.1 Å². The first-order chi connectivity index (χ1) is 10.8. The summed E-state index contributed by atoms with van der Waals surface area (Å²) >= 11 is 0. The molecule has 2 N–H and O–H groups in total. The molecule has 3 rings (SSSR count). The lowest BCUT2D eigenvalue weighted by Crippen LogP contribution is -2.41. The zero-order valence-corrected chi connectivity index (χ0v) is 12.6. The van der Waals surface area contributed by atoms with Gasteiger partial charge in [0.2, 0.25) is 5.91 Å². The van der Waals surface area contributed by atoms with Crippen LogP contribution in [0.5, 0.6) is 0 Å². The van der Waals surface area contributed by atoms with Crippen LogP contribution in [-0.2, 0) is 22.4 Å². The number of alkyl halides is 3. The van der Waals surface area contributed by atoms with Crippen molar-refractivity contribution in [1.82, 2.24) is 10.3 Å². The van der Waals surface area contributed by atoms with Gasteiger partial charge in [-0.15, -0.1) is 13.2 Å². The lowest BCUT2D eigenvalue weighted by molar-refractivity contribution is -0.321. The van der Waals surface area contributed by atoms with Gasteiger partial charge in [-0.25, -0.2) is 0 Å². The second-order valence-electron chi connectivity index (χ2n) is 5.87. The molecule has 1 atom stereocenters. The molecule has 0 spiro atoms. The van der Waals surface area contributed by atoms with Crippen LogP contribution in [0.2, 0.25) is 0 Å². The fourth-order valence-corrected chi connectivity index (χ4v) is 3.07. The summed E-state index contributed by atoms with van der Waals surface area (Å²) < 4.78 is 39.4. The number of aryl methyl sites for hydroxylation is 2. The Morgan fingerprint density at radius 1 is 1.43 bits per heavy atom. The van der Waals surface area contributed by atoms with Crippen LogP contribution in [-0.4, -0.2) is 29.9 Å². The van der Waals surface area contributed by atoms with Crippen molar-refractivity contribution in [3.05, 3.63) is 35.0 Å². The number of benzene rings is 1. The molecule has 0 saturated heterocycles. The Balaban J connectivity index is 1.69. The third-order valence-corrected chi connectivity index (χ3v) is 4.08. The normalized spacial score (nSPS) is 18.0. The van der Waals surface area contributed by atoms with Gasteiger partial charge in [-0.05, 0) is 43.9 Å². The molecule has 1 amide bonds. The summed E-state index contributed by atoms with van der Waals surface area (Å²) in [6, 6.07) is 5.96. The Kier molecular flexibility index (Phi) is 4.06. The van der Waals surface area contributed by atoms with E-state index >= 15 is 0 Å². The van der Waals surface area contributed by atoms with Crippen LogP contribution >= 0.6 is 0 Å². The lowest BCUT2D eigenvalue weighted by Gasteiger charge is -2.23. The Bertz CT molecular complexity index is 737. The highest BCUT2D eigenvalue weighted by Gasteiger charge is 2.31. The lowest BCUT2D eigenvalue weighted by atomic mass is 9.91. The fourth-order valence-electron chi connectivity index (χ4n) is 3.07. The van der Waals surface area contributed by atoms with Gasteiger partial charge >= 0.3 is 6.36 Å². The number of halogens is 3. The summed E-state index contributed by atoms with van der Waals surface area (Å²) in [5, 5.41) is 3.74. The van der Waals surface area contributed by atoms with E-state index in [1.165, 1.54) is 0 Å². The minimum atomic E-state index is -4.79. The maximum Gasteiger partial charge on any atom is 0.523 e. The van der Waals surface area contributed by atoms with Crippen LogP contribution in [0.25, 0.3) is 10.9 Å². The predicted molar refractivity (Wildman–Crippen MR) is 79.0 cm³/mol. The monoisotopic (exact) mass is 326 g/mol. The second-order valence-corrected chi connectivity index (χ2v) is 5.87. The quantitative estimate of drug-likeness (QED) is 0.911. The average Bonchev–Trinajstić information content (AvgIpc) is 2.82. The van der Waals surface area contributed by atoms with Gasteiger partial charge < -0.3 is 10.3 Å². The molecule has 23 heavy (non-hydrogen) atoms. The molecule has 0 radical (unpaired) electrons. The fraction of sp³-hybridized carbons (Fsp3) is 0.438. The van der Waals surface area contributed by atoms with E-state index in [-0.39, 0.29) is 6.04 Å². The Morgan fingerprint density at radius 3 is 2.96 bits per heavy atom. The van der Waals surface area contributed by atoms with Crippen molar-refractivity contribution in [3.63, 3.8) is 0 Å². The van der Waals surface area contributed by atoms with Gasteiger partial charge in [0.1, 0.15) is 6.61 Å². The third kappa shape index (κ3) is 3.67. The molecule has 1 unspecified atom stereocenters. The SMILES string of the molecule is Cc1ccc2[nH]c3c(c2c1)CC(NC(=O)COC(F)(F)F)CC3. The van der Waals surface area contributed by atoms with Crippen LogP contribution < -0.4 is 5.32 Å². The number of rotatable bonds is 3. The minimum absolute atomic E-state index is 0.175. The maximum atomic E-state index is 12.0. The van der Waals surface area contributed by atoms with Gasteiger partial charge in [-0.3, -0.25) is 9.53 Å². The molecule has 124 valence electrons. The molecular formula is C16H17F3N2O2. The molecule has 1 aliphatic rings. The Labute approximate surface area is 131 Å². The number of nitrogens with one attached hydrogen (secondary N) is 2. The number of hydrogen-bond acceptors (Lipinski definition) is 2. The highest BCUT2D eigenvalue weighted by Crippen LogP contribution is 2.29. The summed E-state index contributed by atoms with van der Waals surface area (Å²) in [7, 11) is 0. The van der Waals surface area contributed by atoms with Crippen LogP contribution in [0.4, 0.5) is 13.2 Å². The van der Waals surface area contributed by atoms with Crippen molar-refractivity contribution in [2.75, 3.05) is 6.61 Å². The second kappa shape index (κ2) is 5.88. The first-order valence-corrected chi connectivity index (χ1v) is 7.42. The van der Waals surface area contributed by atoms with E-state index in [9.17, 15) is 18.0 Å². The number of carbonyl (C=O) groups excluding carboxylic acids is 1. The predicted octanol–water partition coefficient (Wildman–Crippen LogP) is 2.99. The number of ether oxygens (including phenoxy) is 1. The molecular weight excluding hydrogens is 309 g/mol. The summed E-state index contributed by atoms with van der Waals surface area (Å²) in [6.45, 7) is 1.01. The van der Waals surface area contributed by atoms with Gasteiger partial charge in [0.05, 0.1) is 0 Å². The maximum absolute atomic E-state index is 12.0. The highest BCUT2D eigenvalue weighted by atomic mass is 19.4. The number of amides is 1. The van der Waals surface area contributed by atoms with Crippen molar-refractivity contribution in [2.45, 2.75) is 38.6 Å². The van der Waals surface area contributed by atoms with Crippen molar-refractivity contribution in [3.8, 4) is 0 Å². The first kappa shape index (κ1) is 15.9. The van der Waals surface area contributed by atoms with Crippen molar-refractivity contribution >= 4 is 16.8 Å². The standard InChI is InChI=1S/C16H17F3N2O2/c1-9-2-4-13-11(6-9)12-7-10(3-5-14(12)21-13)20-15(22)8-23-16(17,18)19/h2,4,6,10,21H,3,5,7-8H2,1H3,(H,20,22). The Morgan fingerprint density at radius 2 is 2.22 bits per heavy atom. The smallest absolute Gasteiger partial charge is 0.358 e. The van der Waals surface area contributed by atoms with Crippen LogP contribution in [0, 0.1) is 6.92 Å². The van der Waals surface area contributed by atoms with Crippen molar-refractivity contribution in [2.24, 2.45) is 0 Å². The van der Waals surface area contributed by atoms with Crippen LogP contribution in [0.15, 0.2) is 18.2 Å². The van der Waals surface area contributed by atoms with Gasteiger partial charge in [-0.2, -0.15) is 0 Å². The summed E-state index contributed by atoms with van der Waals surface area (Å²) in [4.78, 5) is 15.0. The number of H-pyrrole nitrogens is 1. The van der Waals surface area contributed by atoms with E-state index in [0.717, 1.165) is 34.1 Å². The molecule has 0 bridgehead atoms. The molecule has 0 aliphatic heterocycles. The molecule has 2 aromatic rings. The van der Waals surface area contributed by atoms with E-state index in [0.29, 0.717) is 12.8 Å². The largest absolute Gasteiger partial charge is 0.523 e. The summed E-state index contributed by atoms with van der Waals surface area (Å²) in [6.07, 6.45) is -2.73. The van der Waals surface area contributed by atoms with E-state index in [1.807, 2.05) is 19.1 Å². The van der Waals surface area contributed by atoms with E-state index in [1.54, 1.807) is 0 Å². The Hall–Kier alpha value is -2.02. The zero-order valence-electron chi connectivity index (χ0n) is 12.6. The molecule has 0 fully saturated rings. The molecule has 1 aliphatic carbocycles. The van der Waals surface area contributed by atoms with Crippen molar-refractivity contribution < 1.29 is 22.7 Å². The molecule has 7 heteroatoms. The zero-order chi connectivity index (χ0) is 16.6. The third-order valence-electron chi connectivity index (χ3n) is 4.08. The van der Waals surface area contributed by atoms with E-state index < -0.39 is 18.9 Å². The van der Waals surface area contributed by atoms with Crippen LogP contribution in [0.3, 0.4) is 0 Å². The molecule has 1 heterocycles. The molecule has 0 saturated carbocycles. The highest BCUT2D eigenvalue weighted by molar-refractivity contribution is 5.86. The first-order valence-electron chi connectivity index (χ1n) is 7.42. The van der Waals surface area contributed by atoms with Gasteiger partial charge in [0.25, 0.3) is 0 Å². The van der Waals surface area contributed by atoms with Gasteiger partial charge in [-0.1, -0.05) is 11.6 Å². The van der Waals surface area contributed by atoms with Crippen molar-refractivity contribution in [1.29, 1.82) is 0 Å². The number of hydrogen-bond donors (Lipinski definition) is 2. The topological polar surface area (TPSA) is 54.1 Å². The number of aromatic amines is 1. The summed E-state index contributed by atoms with van der Waals surface area (Å²) in [5.74, 6) is -0.744. The van der Waals surface area contributed by atoms with Crippen LogP contribution in [0.1, 0.15) is 23.2 Å². The molecule has 4 nitrogen and oxygen atoms in total. The molecule has 1 aromatic heterocycles. The molecule has 1 aromatic carbocycles. The van der Waals surface area contributed by atoms with Gasteiger partial charge in [0.15, 0.2) is 0 Å². The minimum Gasteiger partial charge on any atom is -0.358 e. The number of fused-ring (bicyclic) bond motifs is 3. The van der Waals surface area contributed by atoms with Gasteiger partial charge in [0, 0.05) is 22.6 Å². The summed E-state index contributed by atoms with van der Waals surface area (Å²) in [5.41, 5.74) is 4.47. The number of carbonyl (C=O) groups is 1.